The molecule has 3 aliphatic rings. The average molecular weight is 224 g/mol. The number of carbonyl (C=O) groups is 1. The van der Waals surface area contributed by atoms with Crippen LogP contribution in [0.2, 0.25) is 0 Å². The number of likely N-dealkylation sites (tertiary alicyclic amines) is 1. The van der Waals surface area contributed by atoms with Crippen molar-refractivity contribution >= 4 is 5.91 Å². The maximum Gasteiger partial charge on any atom is 0.227 e. The maximum absolute atomic E-state index is 12.3. The van der Waals surface area contributed by atoms with E-state index in [9.17, 15) is 4.79 Å². The number of morpholine rings is 1. The molecule has 0 aromatic carbocycles. The molecule has 3 rings (SSSR count). The fraction of sp³-hybridized carbons (Fsp3) is 0.917. The number of nitrogens with one attached hydrogen (secondary N) is 1. The maximum atomic E-state index is 12.3. The van der Waals surface area contributed by atoms with Gasteiger partial charge in [0.05, 0.1) is 18.1 Å². The molecule has 2 bridgehead atoms. The summed E-state index contributed by atoms with van der Waals surface area (Å²) in [6.45, 7) is 3.58. The Morgan fingerprint density at radius 2 is 1.94 bits per heavy atom. The van der Waals surface area contributed by atoms with Crippen LogP contribution in [0.1, 0.15) is 25.7 Å². The quantitative estimate of drug-likeness (QED) is 0.700. The van der Waals surface area contributed by atoms with E-state index >= 15 is 0 Å². The van der Waals surface area contributed by atoms with Gasteiger partial charge in [0.1, 0.15) is 0 Å². The fourth-order valence-corrected chi connectivity index (χ4v) is 3.12. The van der Waals surface area contributed by atoms with Crippen LogP contribution >= 0.6 is 0 Å². The van der Waals surface area contributed by atoms with E-state index in [2.05, 4.69) is 5.32 Å². The number of carbonyl (C=O) groups excluding carboxylic acids is 1. The van der Waals surface area contributed by atoms with Gasteiger partial charge in [0.15, 0.2) is 0 Å². The second-order valence-electron chi connectivity index (χ2n) is 5.24. The van der Waals surface area contributed by atoms with Crippen molar-refractivity contribution < 1.29 is 9.53 Å². The van der Waals surface area contributed by atoms with Gasteiger partial charge in [-0.2, -0.15) is 0 Å². The monoisotopic (exact) mass is 224 g/mol. The first kappa shape index (κ1) is 10.5. The van der Waals surface area contributed by atoms with E-state index in [-0.39, 0.29) is 5.92 Å². The Morgan fingerprint density at radius 1 is 1.19 bits per heavy atom. The summed E-state index contributed by atoms with van der Waals surface area (Å²) in [5, 5.41) is 3.31. The number of hydrogen-bond acceptors (Lipinski definition) is 3. The second-order valence-corrected chi connectivity index (χ2v) is 5.24. The number of amides is 1. The van der Waals surface area contributed by atoms with E-state index in [0.717, 1.165) is 51.9 Å². The van der Waals surface area contributed by atoms with Gasteiger partial charge in [0.2, 0.25) is 5.91 Å². The highest BCUT2D eigenvalue weighted by Gasteiger charge is 2.37. The minimum Gasteiger partial charge on any atom is -0.371 e. The number of hydrogen-bond donors (Lipinski definition) is 1. The van der Waals surface area contributed by atoms with Crippen LogP contribution in [0.25, 0.3) is 0 Å². The molecule has 0 spiro atoms. The fourth-order valence-electron chi connectivity index (χ4n) is 3.12. The Labute approximate surface area is 96.3 Å². The predicted molar refractivity (Wildman–Crippen MR) is 60.1 cm³/mol. The Bertz CT molecular complexity index is 264. The Hall–Kier alpha value is -0.610. The average Bonchev–Trinajstić information content (AvgIpc) is 2.68. The summed E-state index contributed by atoms with van der Waals surface area (Å²) in [4.78, 5) is 14.3. The highest BCUT2D eigenvalue weighted by atomic mass is 16.5. The zero-order valence-electron chi connectivity index (χ0n) is 9.65. The van der Waals surface area contributed by atoms with Crippen LogP contribution in [0.3, 0.4) is 0 Å². The molecule has 0 aliphatic carbocycles. The predicted octanol–water partition coefficient (Wildman–Crippen LogP) is 0.376. The molecule has 4 nitrogen and oxygen atoms in total. The lowest BCUT2D eigenvalue weighted by atomic mass is 9.98. The number of piperidine rings is 1. The van der Waals surface area contributed by atoms with Crippen molar-refractivity contribution in [1.29, 1.82) is 0 Å². The minimum absolute atomic E-state index is 0.214. The third kappa shape index (κ3) is 1.96. The van der Waals surface area contributed by atoms with Crippen LogP contribution in [0.5, 0.6) is 0 Å². The number of fused-ring (bicyclic) bond motifs is 2. The molecule has 0 saturated carbocycles. The molecule has 16 heavy (non-hydrogen) atoms. The number of nitrogens with zero attached hydrogens (tertiary/aromatic N) is 1. The van der Waals surface area contributed by atoms with E-state index in [1.54, 1.807) is 0 Å². The van der Waals surface area contributed by atoms with Crippen LogP contribution in [-0.4, -0.2) is 49.2 Å². The molecule has 3 saturated heterocycles. The third-order valence-corrected chi connectivity index (χ3v) is 4.00. The van der Waals surface area contributed by atoms with Gasteiger partial charge in [-0.05, 0) is 32.2 Å². The Morgan fingerprint density at radius 3 is 2.56 bits per heavy atom. The summed E-state index contributed by atoms with van der Waals surface area (Å²) in [6, 6.07) is 0. The molecule has 3 unspecified atom stereocenters. The van der Waals surface area contributed by atoms with E-state index in [0.29, 0.717) is 18.1 Å². The number of rotatable bonds is 1. The van der Waals surface area contributed by atoms with Gasteiger partial charge in [-0.3, -0.25) is 4.79 Å². The molecule has 1 N–H and O–H groups in total. The first-order valence-electron chi connectivity index (χ1n) is 6.48. The zero-order valence-corrected chi connectivity index (χ0v) is 9.65. The highest BCUT2D eigenvalue weighted by Crippen LogP contribution is 2.27. The van der Waals surface area contributed by atoms with E-state index < -0.39 is 0 Å². The molecule has 0 aromatic rings. The van der Waals surface area contributed by atoms with E-state index in [1.807, 2.05) is 4.90 Å². The van der Waals surface area contributed by atoms with Crippen LogP contribution in [0.15, 0.2) is 0 Å². The molecular formula is C12H20N2O2. The molecule has 4 heteroatoms. The standard InChI is InChI=1S/C12H20N2O2/c15-12(9-2-1-5-13-6-9)14-7-10-3-4-11(8-14)16-10/h9-11,13H,1-8H2. The molecule has 1 amide bonds. The van der Waals surface area contributed by atoms with Crippen LogP contribution in [-0.2, 0) is 9.53 Å². The van der Waals surface area contributed by atoms with Crippen molar-refractivity contribution in [1.82, 2.24) is 10.2 Å². The normalized spacial score (nSPS) is 38.8. The molecule has 0 aromatic heterocycles. The third-order valence-electron chi connectivity index (χ3n) is 4.00. The van der Waals surface area contributed by atoms with Gasteiger partial charge in [-0.1, -0.05) is 0 Å². The summed E-state index contributed by atoms with van der Waals surface area (Å²) in [5.74, 6) is 0.568. The van der Waals surface area contributed by atoms with Crippen LogP contribution in [0.4, 0.5) is 0 Å². The second kappa shape index (κ2) is 4.34. The molecule has 3 aliphatic heterocycles. The van der Waals surface area contributed by atoms with Crippen molar-refractivity contribution in [2.45, 2.75) is 37.9 Å². The topological polar surface area (TPSA) is 41.6 Å². The molecule has 3 heterocycles. The SMILES string of the molecule is O=C(C1CCCNC1)N1CC2CCC(C1)O2. The molecule has 3 atom stereocenters. The highest BCUT2D eigenvalue weighted by molar-refractivity contribution is 5.79. The molecule has 90 valence electrons. The summed E-state index contributed by atoms with van der Waals surface area (Å²) >= 11 is 0. The summed E-state index contributed by atoms with van der Waals surface area (Å²) in [5.41, 5.74) is 0. The van der Waals surface area contributed by atoms with Gasteiger partial charge in [0.25, 0.3) is 0 Å². The first-order valence-corrected chi connectivity index (χ1v) is 6.48. The summed E-state index contributed by atoms with van der Waals surface area (Å²) in [7, 11) is 0. The lowest BCUT2D eigenvalue weighted by molar-refractivity contribution is -0.144. The van der Waals surface area contributed by atoms with Gasteiger partial charge >= 0.3 is 0 Å². The van der Waals surface area contributed by atoms with Crippen molar-refractivity contribution in [3.8, 4) is 0 Å². The van der Waals surface area contributed by atoms with Gasteiger partial charge in [-0.25, -0.2) is 0 Å². The lowest BCUT2D eigenvalue weighted by Gasteiger charge is -2.35. The van der Waals surface area contributed by atoms with Crippen molar-refractivity contribution in [2.24, 2.45) is 5.92 Å². The van der Waals surface area contributed by atoms with Crippen molar-refractivity contribution in [2.75, 3.05) is 26.2 Å². The Kier molecular flexibility index (Phi) is 2.86. The van der Waals surface area contributed by atoms with Crippen LogP contribution < -0.4 is 5.32 Å². The first-order chi connectivity index (χ1) is 7.83. The lowest BCUT2D eigenvalue weighted by Crippen LogP contribution is -2.50. The zero-order chi connectivity index (χ0) is 11.0. The number of ether oxygens (including phenoxy) is 1. The molecule has 3 fully saturated rings. The largest absolute Gasteiger partial charge is 0.371 e. The molecular weight excluding hydrogens is 204 g/mol. The Balaban J connectivity index is 1.61. The summed E-state index contributed by atoms with van der Waals surface area (Å²) < 4.78 is 5.76. The van der Waals surface area contributed by atoms with Gasteiger partial charge in [0, 0.05) is 19.6 Å². The van der Waals surface area contributed by atoms with Gasteiger partial charge < -0.3 is 15.0 Å². The van der Waals surface area contributed by atoms with E-state index in [1.165, 1.54) is 0 Å². The van der Waals surface area contributed by atoms with Crippen LogP contribution in [0, 0.1) is 5.92 Å². The van der Waals surface area contributed by atoms with Gasteiger partial charge in [-0.15, -0.1) is 0 Å². The summed E-state index contributed by atoms with van der Waals surface area (Å²) in [6.07, 6.45) is 5.10. The van der Waals surface area contributed by atoms with E-state index in [4.69, 9.17) is 4.74 Å². The van der Waals surface area contributed by atoms with Crippen molar-refractivity contribution in [3.63, 3.8) is 0 Å². The minimum atomic E-state index is 0.214. The smallest absolute Gasteiger partial charge is 0.227 e. The van der Waals surface area contributed by atoms with Crippen molar-refractivity contribution in [3.05, 3.63) is 0 Å². The molecule has 0 radical (unpaired) electrons.